The summed E-state index contributed by atoms with van der Waals surface area (Å²) >= 11 is 0. The fraction of sp³-hybridized carbons (Fsp3) is 0.0164. The Hall–Kier alpha value is -8.20. The van der Waals surface area contributed by atoms with Crippen molar-refractivity contribution in [2.75, 3.05) is 0 Å². The highest BCUT2D eigenvalue weighted by atomic mass is 15.0. The number of fused-ring (bicyclic) bond motifs is 10. The van der Waals surface area contributed by atoms with Crippen LogP contribution < -0.4 is 0 Å². The molecule has 2 heteroatoms. The summed E-state index contributed by atoms with van der Waals surface area (Å²) in [7, 11) is 0. The van der Waals surface area contributed by atoms with Crippen molar-refractivity contribution < 1.29 is 0 Å². The molecule has 0 saturated heterocycles. The topological polar surface area (TPSA) is 9.86 Å². The van der Waals surface area contributed by atoms with Crippen molar-refractivity contribution in [3.05, 3.63) is 265 Å². The minimum absolute atomic E-state index is 0.483. The Morgan fingerprint density at radius 1 is 0.286 bits per heavy atom. The van der Waals surface area contributed by atoms with Gasteiger partial charge in [0.25, 0.3) is 0 Å². The van der Waals surface area contributed by atoms with Crippen LogP contribution in [0.3, 0.4) is 0 Å². The summed E-state index contributed by atoms with van der Waals surface area (Å²) in [5.41, 5.74) is 19.2. The standard InChI is InChI=1S/C61H40N2/c1-5-18-41(19-6-1)42-20-17-27-48(38-42)62-56-31-16-14-28-49(56)52-39-43(32-36-57(52)62)44-33-37-58-53(40-44)50-34-35-55-59(60(50)63(58)47-25-11-4-12-26-47)51-29-13-15-30-54(51)61(55,45-21-7-2-8-22-45)46-23-9-3-10-24-46/h1-40H. The lowest BCUT2D eigenvalue weighted by atomic mass is 9.67. The maximum atomic E-state index is 2.51. The SMILES string of the molecule is c1ccc(-c2cccc(-n3c4ccccc4c4cc(-c5ccc6c(c5)c5ccc7c(c5n6-c5ccccc5)-c5ccccc5C7(c5ccccc5)c5ccccc5)ccc43)c2)cc1. The molecular weight excluding hydrogens is 761 g/mol. The molecule has 63 heavy (non-hydrogen) atoms. The van der Waals surface area contributed by atoms with Crippen LogP contribution in [0.4, 0.5) is 0 Å². The maximum absolute atomic E-state index is 2.51. The molecule has 294 valence electrons. The Morgan fingerprint density at radius 3 is 1.52 bits per heavy atom. The van der Waals surface area contributed by atoms with Crippen LogP contribution in [-0.4, -0.2) is 9.13 Å². The van der Waals surface area contributed by atoms with Crippen LogP contribution in [0, 0.1) is 0 Å². The third kappa shape index (κ3) is 5.19. The van der Waals surface area contributed by atoms with Gasteiger partial charge in [0, 0.05) is 38.5 Å². The van der Waals surface area contributed by atoms with E-state index in [1.165, 1.54) is 99.2 Å². The first kappa shape index (κ1) is 35.5. The molecule has 1 aliphatic carbocycles. The van der Waals surface area contributed by atoms with Gasteiger partial charge in [-0.2, -0.15) is 0 Å². The van der Waals surface area contributed by atoms with Crippen LogP contribution in [0.15, 0.2) is 243 Å². The van der Waals surface area contributed by atoms with E-state index in [1.54, 1.807) is 0 Å². The van der Waals surface area contributed by atoms with Crippen molar-refractivity contribution in [3.63, 3.8) is 0 Å². The van der Waals surface area contributed by atoms with Gasteiger partial charge in [-0.05, 0) is 105 Å². The molecule has 0 amide bonds. The molecule has 0 bridgehead atoms. The van der Waals surface area contributed by atoms with Crippen molar-refractivity contribution in [1.29, 1.82) is 0 Å². The molecule has 0 spiro atoms. The Balaban J connectivity index is 1.05. The summed E-state index contributed by atoms with van der Waals surface area (Å²) in [6, 6.07) is 89.5. The van der Waals surface area contributed by atoms with E-state index in [4.69, 9.17) is 0 Å². The average Bonchev–Trinajstić information content (AvgIpc) is 3.99. The zero-order chi connectivity index (χ0) is 41.5. The summed E-state index contributed by atoms with van der Waals surface area (Å²) in [4.78, 5) is 0. The van der Waals surface area contributed by atoms with Crippen molar-refractivity contribution in [2.45, 2.75) is 5.41 Å². The van der Waals surface area contributed by atoms with E-state index in [9.17, 15) is 0 Å². The van der Waals surface area contributed by atoms with Crippen LogP contribution in [0.5, 0.6) is 0 Å². The van der Waals surface area contributed by atoms with Gasteiger partial charge in [-0.1, -0.05) is 188 Å². The molecule has 2 heterocycles. The van der Waals surface area contributed by atoms with Gasteiger partial charge < -0.3 is 9.13 Å². The second-order valence-corrected chi connectivity index (χ2v) is 16.8. The fourth-order valence-electron chi connectivity index (χ4n) is 10.9. The number of hydrogen-bond donors (Lipinski definition) is 0. The summed E-state index contributed by atoms with van der Waals surface area (Å²) in [5.74, 6) is 0. The van der Waals surface area contributed by atoms with Gasteiger partial charge in [-0.15, -0.1) is 0 Å². The van der Waals surface area contributed by atoms with Gasteiger partial charge in [0.2, 0.25) is 0 Å². The number of para-hydroxylation sites is 2. The molecular formula is C61H40N2. The Kier molecular flexibility index (Phi) is 7.85. The van der Waals surface area contributed by atoms with Crippen molar-refractivity contribution in [2.24, 2.45) is 0 Å². The summed E-state index contributed by atoms with van der Waals surface area (Å²) in [6.45, 7) is 0. The quantitative estimate of drug-likeness (QED) is 0.159. The highest BCUT2D eigenvalue weighted by Gasteiger charge is 2.47. The Bertz CT molecular complexity index is 3670. The third-order valence-corrected chi connectivity index (χ3v) is 13.6. The third-order valence-electron chi connectivity index (χ3n) is 13.6. The second-order valence-electron chi connectivity index (χ2n) is 16.8. The number of hydrogen-bond acceptors (Lipinski definition) is 0. The van der Waals surface area contributed by atoms with E-state index < -0.39 is 5.41 Å². The highest BCUT2D eigenvalue weighted by molar-refractivity contribution is 6.17. The molecule has 2 aromatic heterocycles. The smallest absolute Gasteiger partial charge is 0.0714 e. The van der Waals surface area contributed by atoms with E-state index in [1.807, 2.05) is 0 Å². The van der Waals surface area contributed by atoms with Crippen LogP contribution in [0.2, 0.25) is 0 Å². The molecule has 0 fully saturated rings. The van der Waals surface area contributed by atoms with Crippen molar-refractivity contribution in [1.82, 2.24) is 9.13 Å². The van der Waals surface area contributed by atoms with Crippen LogP contribution >= 0.6 is 0 Å². The number of nitrogens with zero attached hydrogens (tertiary/aromatic N) is 2. The monoisotopic (exact) mass is 800 g/mol. The highest BCUT2D eigenvalue weighted by Crippen LogP contribution is 2.58. The molecule has 0 saturated carbocycles. The largest absolute Gasteiger partial charge is 0.309 e. The molecule has 0 N–H and O–H groups in total. The molecule has 0 atom stereocenters. The first-order chi connectivity index (χ1) is 31.3. The summed E-state index contributed by atoms with van der Waals surface area (Å²) in [6.07, 6.45) is 0. The predicted octanol–water partition coefficient (Wildman–Crippen LogP) is 15.6. The summed E-state index contributed by atoms with van der Waals surface area (Å²) in [5, 5.41) is 4.98. The lowest BCUT2D eigenvalue weighted by molar-refractivity contribution is 0.769. The molecule has 0 radical (unpaired) electrons. The molecule has 13 rings (SSSR count). The average molecular weight is 801 g/mol. The minimum atomic E-state index is -0.483. The zero-order valence-electron chi connectivity index (χ0n) is 34.5. The number of aromatic nitrogens is 2. The van der Waals surface area contributed by atoms with Crippen molar-refractivity contribution in [3.8, 4) is 44.8 Å². The molecule has 10 aromatic carbocycles. The van der Waals surface area contributed by atoms with E-state index in [-0.39, 0.29) is 0 Å². The van der Waals surface area contributed by atoms with Gasteiger partial charge in [0.05, 0.1) is 27.5 Å². The number of rotatable bonds is 6. The zero-order valence-corrected chi connectivity index (χ0v) is 34.5. The van der Waals surface area contributed by atoms with Crippen molar-refractivity contribution >= 4 is 43.6 Å². The Morgan fingerprint density at radius 2 is 0.810 bits per heavy atom. The normalized spacial score (nSPS) is 12.9. The van der Waals surface area contributed by atoms with Crippen LogP contribution in [0.1, 0.15) is 22.3 Å². The Labute approximate surface area is 366 Å². The second kappa shape index (κ2) is 13.9. The van der Waals surface area contributed by atoms with E-state index in [0.717, 1.165) is 11.4 Å². The van der Waals surface area contributed by atoms with Gasteiger partial charge in [0.1, 0.15) is 0 Å². The molecule has 0 aliphatic heterocycles. The molecule has 12 aromatic rings. The van der Waals surface area contributed by atoms with Crippen LogP contribution in [-0.2, 0) is 5.41 Å². The first-order valence-corrected chi connectivity index (χ1v) is 21.8. The minimum Gasteiger partial charge on any atom is -0.309 e. The van der Waals surface area contributed by atoms with E-state index in [2.05, 4.69) is 252 Å². The lowest BCUT2D eigenvalue weighted by Gasteiger charge is -2.33. The summed E-state index contributed by atoms with van der Waals surface area (Å²) < 4.78 is 4.93. The van der Waals surface area contributed by atoms with Gasteiger partial charge >= 0.3 is 0 Å². The van der Waals surface area contributed by atoms with Gasteiger partial charge in [0.15, 0.2) is 0 Å². The van der Waals surface area contributed by atoms with Gasteiger partial charge in [-0.3, -0.25) is 0 Å². The molecule has 0 unspecified atom stereocenters. The predicted molar refractivity (Wildman–Crippen MR) is 263 cm³/mol. The first-order valence-electron chi connectivity index (χ1n) is 21.8. The lowest BCUT2D eigenvalue weighted by Crippen LogP contribution is -2.28. The molecule has 1 aliphatic rings. The molecule has 2 nitrogen and oxygen atoms in total. The fourth-order valence-corrected chi connectivity index (χ4v) is 10.9. The number of benzene rings is 10. The van der Waals surface area contributed by atoms with E-state index >= 15 is 0 Å². The van der Waals surface area contributed by atoms with Crippen LogP contribution in [0.25, 0.3) is 88.4 Å². The maximum Gasteiger partial charge on any atom is 0.0714 e. The van der Waals surface area contributed by atoms with Gasteiger partial charge in [-0.25, -0.2) is 0 Å². The van der Waals surface area contributed by atoms with E-state index in [0.29, 0.717) is 0 Å².